The van der Waals surface area contributed by atoms with Gasteiger partial charge in [-0.15, -0.1) is 0 Å². The molecule has 0 amide bonds. The van der Waals surface area contributed by atoms with Crippen molar-refractivity contribution in [3.63, 3.8) is 0 Å². The van der Waals surface area contributed by atoms with Gasteiger partial charge in [-0.3, -0.25) is 0 Å². The molecule has 0 bridgehead atoms. The van der Waals surface area contributed by atoms with Crippen molar-refractivity contribution in [3.8, 4) is 22.4 Å². The number of hydrogen-bond acceptors (Lipinski definition) is 3. The van der Waals surface area contributed by atoms with Crippen LogP contribution in [0.2, 0.25) is 5.02 Å². The van der Waals surface area contributed by atoms with Crippen LogP contribution in [0.1, 0.15) is 0 Å². The number of nitrogen functional groups attached to an aromatic ring is 1. The average molecular weight is 350 g/mol. The minimum absolute atomic E-state index is 0.283. The van der Waals surface area contributed by atoms with Crippen molar-refractivity contribution in [2.75, 3.05) is 5.73 Å². The van der Waals surface area contributed by atoms with E-state index >= 15 is 0 Å². The summed E-state index contributed by atoms with van der Waals surface area (Å²) in [4.78, 5) is 0. The number of nitrogens with zero attached hydrogens (tertiary/aromatic N) is 1. The topological polar surface area (TPSA) is 52.0 Å². The maximum atomic E-state index is 6.28. The van der Waals surface area contributed by atoms with Crippen LogP contribution >= 0.6 is 27.5 Å². The van der Waals surface area contributed by atoms with Gasteiger partial charge < -0.3 is 10.3 Å². The fourth-order valence-corrected chi connectivity index (χ4v) is 2.81. The molecular weight excluding hydrogens is 340 g/mol. The van der Waals surface area contributed by atoms with Gasteiger partial charge in [-0.1, -0.05) is 69.1 Å². The number of hydrogen-bond donors (Lipinski definition) is 1. The van der Waals surface area contributed by atoms with Crippen LogP contribution in [0.3, 0.4) is 0 Å². The quantitative estimate of drug-likeness (QED) is 0.708. The van der Waals surface area contributed by atoms with Crippen molar-refractivity contribution in [2.45, 2.75) is 0 Å². The fraction of sp³-hybridized carbons (Fsp3) is 0. The zero-order valence-corrected chi connectivity index (χ0v) is 12.6. The predicted octanol–water partition coefficient (Wildman–Crippen LogP) is 5.01. The molecule has 0 aliphatic carbocycles. The van der Waals surface area contributed by atoms with E-state index in [1.807, 2.05) is 48.5 Å². The summed E-state index contributed by atoms with van der Waals surface area (Å²) in [5.74, 6) is 0.283. The van der Waals surface area contributed by atoms with Gasteiger partial charge in [-0.05, 0) is 17.7 Å². The summed E-state index contributed by atoms with van der Waals surface area (Å²) in [5.41, 5.74) is 9.04. The normalized spacial score (nSPS) is 10.7. The monoisotopic (exact) mass is 348 g/mol. The van der Waals surface area contributed by atoms with Gasteiger partial charge in [0, 0.05) is 10.0 Å². The summed E-state index contributed by atoms with van der Waals surface area (Å²) in [6.45, 7) is 0. The molecule has 0 saturated carbocycles. The second-order valence-corrected chi connectivity index (χ2v) is 5.58. The second-order valence-electron chi connectivity index (χ2n) is 4.26. The summed E-state index contributed by atoms with van der Waals surface area (Å²) in [6, 6.07) is 15.3. The largest absolute Gasteiger partial charge is 0.367 e. The molecule has 2 N–H and O–H groups in total. The summed E-state index contributed by atoms with van der Waals surface area (Å²) >= 11 is 9.66. The molecule has 5 heteroatoms. The molecule has 0 spiro atoms. The lowest BCUT2D eigenvalue weighted by Gasteiger charge is -2.05. The minimum atomic E-state index is 0.283. The number of benzene rings is 2. The molecule has 20 heavy (non-hydrogen) atoms. The van der Waals surface area contributed by atoms with Gasteiger partial charge >= 0.3 is 0 Å². The molecule has 1 heterocycles. The maximum absolute atomic E-state index is 6.28. The van der Waals surface area contributed by atoms with Crippen LogP contribution in [-0.4, -0.2) is 5.16 Å². The molecule has 1 aromatic heterocycles. The molecule has 0 radical (unpaired) electrons. The first-order valence-electron chi connectivity index (χ1n) is 5.93. The fourth-order valence-electron chi connectivity index (χ4n) is 2.05. The molecule has 0 atom stereocenters. The molecular formula is C15H10BrClN2O. The van der Waals surface area contributed by atoms with E-state index in [4.69, 9.17) is 21.9 Å². The third-order valence-corrected chi connectivity index (χ3v) is 3.77. The predicted molar refractivity (Wildman–Crippen MR) is 84.5 cm³/mol. The van der Waals surface area contributed by atoms with E-state index in [1.54, 1.807) is 0 Å². The van der Waals surface area contributed by atoms with Crippen molar-refractivity contribution in [2.24, 2.45) is 0 Å². The lowest BCUT2D eigenvalue weighted by molar-refractivity contribution is 0.439. The third-order valence-electron chi connectivity index (χ3n) is 2.97. The minimum Gasteiger partial charge on any atom is -0.367 e. The van der Waals surface area contributed by atoms with Gasteiger partial charge in [0.15, 0.2) is 0 Å². The molecule has 3 rings (SSSR count). The zero-order chi connectivity index (χ0) is 14.1. The van der Waals surface area contributed by atoms with E-state index in [9.17, 15) is 0 Å². The highest BCUT2D eigenvalue weighted by Gasteiger charge is 2.19. The van der Waals surface area contributed by atoms with Crippen LogP contribution in [0.25, 0.3) is 22.4 Å². The van der Waals surface area contributed by atoms with E-state index in [-0.39, 0.29) is 5.88 Å². The van der Waals surface area contributed by atoms with E-state index in [0.717, 1.165) is 21.2 Å². The number of nitrogens with two attached hydrogens (primary N) is 1. The molecule has 100 valence electrons. The van der Waals surface area contributed by atoms with E-state index in [0.29, 0.717) is 10.7 Å². The van der Waals surface area contributed by atoms with E-state index in [1.165, 1.54) is 0 Å². The third kappa shape index (κ3) is 2.32. The standard InChI is InChI=1S/C15H10BrClN2O/c16-10-6-7-11(12(17)8-10)14-13(15(18)20-19-14)9-4-2-1-3-5-9/h1-8H,18H2. The van der Waals surface area contributed by atoms with Crippen LogP contribution in [0.4, 0.5) is 5.88 Å². The lowest BCUT2D eigenvalue weighted by Crippen LogP contribution is -1.88. The molecule has 3 aromatic rings. The second kappa shape index (κ2) is 5.31. The number of halogens is 2. The van der Waals surface area contributed by atoms with Gasteiger partial charge in [0.2, 0.25) is 5.88 Å². The van der Waals surface area contributed by atoms with Crippen LogP contribution < -0.4 is 5.73 Å². The Balaban J connectivity index is 2.21. The Morgan fingerprint density at radius 2 is 1.85 bits per heavy atom. The van der Waals surface area contributed by atoms with Gasteiger partial charge in [0.05, 0.1) is 10.6 Å². The first-order valence-corrected chi connectivity index (χ1v) is 7.10. The van der Waals surface area contributed by atoms with Crippen LogP contribution in [0.15, 0.2) is 57.5 Å². The maximum Gasteiger partial charge on any atom is 0.230 e. The summed E-state index contributed by atoms with van der Waals surface area (Å²) in [6.07, 6.45) is 0. The molecule has 0 aliphatic heterocycles. The molecule has 0 unspecified atom stereocenters. The summed E-state index contributed by atoms with van der Waals surface area (Å²) in [5, 5.41) is 4.64. The number of aromatic nitrogens is 1. The first kappa shape index (κ1) is 13.2. The molecule has 3 nitrogen and oxygen atoms in total. The average Bonchev–Trinajstić information content (AvgIpc) is 2.81. The van der Waals surface area contributed by atoms with Crippen molar-refractivity contribution >= 4 is 33.4 Å². The zero-order valence-electron chi connectivity index (χ0n) is 10.3. The van der Waals surface area contributed by atoms with Crippen LogP contribution in [-0.2, 0) is 0 Å². The van der Waals surface area contributed by atoms with Gasteiger partial charge in [-0.2, -0.15) is 0 Å². The van der Waals surface area contributed by atoms with Crippen LogP contribution in [0, 0.1) is 0 Å². The van der Waals surface area contributed by atoms with Crippen molar-refractivity contribution in [3.05, 3.63) is 58.0 Å². The summed E-state index contributed by atoms with van der Waals surface area (Å²) in [7, 11) is 0. The SMILES string of the molecule is Nc1onc(-c2ccc(Br)cc2Cl)c1-c1ccccc1. The van der Waals surface area contributed by atoms with Crippen LogP contribution in [0.5, 0.6) is 0 Å². The van der Waals surface area contributed by atoms with Crippen molar-refractivity contribution in [1.82, 2.24) is 5.16 Å². The van der Waals surface area contributed by atoms with Gasteiger partial charge in [0.25, 0.3) is 0 Å². The molecule has 2 aromatic carbocycles. The number of anilines is 1. The molecule has 0 saturated heterocycles. The highest BCUT2D eigenvalue weighted by Crippen LogP contribution is 2.39. The first-order chi connectivity index (χ1) is 9.66. The van der Waals surface area contributed by atoms with Crippen molar-refractivity contribution < 1.29 is 4.52 Å². The number of rotatable bonds is 2. The van der Waals surface area contributed by atoms with Gasteiger partial charge in [0.1, 0.15) is 5.69 Å². The smallest absolute Gasteiger partial charge is 0.230 e. The highest BCUT2D eigenvalue weighted by molar-refractivity contribution is 9.10. The van der Waals surface area contributed by atoms with Crippen molar-refractivity contribution in [1.29, 1.82) is 0 Å². The van der Waals surface area contributed by atoms with Gasteiger partial charge in [-0.25, -0.2) is 0 Å². The Bertz CT molecular complexity index is 756. The van der Waals surface area contributed by atoms with E-state index < -0.39 is 0 Å². The highest BCUT2D eigenvalue weighted by atomic mass is 79.9. The lowest BCUT2D eigenvalue weighted by atomic mass is 10.0. The Morgan fingerprint density at radius 1 is 1.10 bits per heavy atom. The van der Waals surface area contributed by atoms with E-state index in [2.05, 4.69) is 21.1 Å². The Morgan fingerprint density at radius 3 is 2.55 bits per heavy atom. The molecule has 0 fully saturated rings. The Kier molecular flexibility index (Phi) is 3.51. The summed E-state index contributed by atoms with van der Waals surface area (Å²) < 4.78 is 6.05. The Labute approximate surface area is 129 Å². The molecule has 0 aliphatic rings. The Hall–Kier alpha value is -1.78.